The van der Waals surface area contributed by atoms with Crippen LogP contribution < -0.4 is 5.32 Å². The minimum atomic E-state index is -4.38. The molecule has 1 fully saturated rings. The summed E-state index contributed by atoms with van der Waals surface area (Å²) in [6, 6.07) is 5.53. The predicted molar refractivity (Wildman–Crippen MR) is 85.7 cm³/mol. The van der Waals surface area contributed by atoms with Gasteiger partial charge in [0.2, 0.25) is 0 Å². The van der Waals surface area contributed by atoms with Crippen LogP contribution in [-0.4, -0.2) is 27.5 Å². The van der Waals surface area contributed by atoms with Crippen molar-refractivity contribution in [1.29, 1.82) is 0 Å². The number of hydrogen-bond donors (Lipinski definition) is 1. The summed E-state index contributed by atoms with van der Waals surface area (Å²) in [6.07, 6.45) is -1.17. The van der Waals surface area contributed by atoms with E-state index in [0.717, 1.165) is 25.0 Å². The predicted octanol–water partition coefficient (Wildman–Crippen LogP) is 4.69. The summed E-state index contributed by atoms with van der Waals surface area (Å²) in [5.41, 5.74) is 1.70. The highest BCUT2D eigenvalue weighted by atomic mass is 19.4. The second kappa shape index (κ2) is 5.93. The molecule has 2 heterocycles. The molecule has 1 aliphatic carbocycles. The quantitative estimate of drug-likeness (QED) is 0.680. The Morgan fingerprint density at radius 1 is 1.08 bits per heavy atom. The van der Waals surface area contributed by atoms with Crippen molar-refractivity contribution in [3.63, 3.8) is 0 Å². The zero-order valence-corrected chi connectivity index (χ0v) is 13.3. The van der Waals surface area contributed by atoms with Crippen molar-refractivity contribution in [1.82, 2.24) is 14.8 Å². The molecule has 1 aliphatic rings. The fourth-order valence-corrected chi connectivity index (χ4v) is 2.96. The van der Waals surface area contributed by atoms with Crippen LogP contribution in [0.3, 0.4) is 0 Å². The van der Waals surface area contributed by atoms with Crippen LogP contribution in [0.4, 0.5) is 27.8 Å². The number of benzene rings is 1. The van der Waals surface area contributed by atoms with Crippen LogP contribution >= 0.6 is 0 Å². The van der Waals surface area contributed by atoms with Crippen LogP contribution in [0.25, 0.3) is 22.2 Å². The van der Waals surface area contributed by atoms with Gasteiger partial charge in [-0.05, 0) is 31.0 Å². The lowest BCUT2D eigenvalue weighted by Crippen LogP contribution is -2.21. The third-order valence-electron chi connectivity index (χ3n) is 4.21. The lowest BCUT2D eigenvalue weighted by atomic mass is 10.2. The number of hydrogen-bond acceptors (Lipinski definition) is 3. The Labute approximate surface area is 144 Å². The highest BCUT2D eigenvalue weighted by Crippen LogP contribution is 2.43. The third kappa shape index (κ3) is 3.21. The SMILES string of the molecule is Fc1cc2cc(-c3cnnc(NCC(F)(F)F)c3)n(C3CC3)c2cc1F. The molecule has 3 aromatic rings. The molecule has 0 radical (unpaired) electrons. The van der Waals surface area contributed by atoms with Crippen LogP contribution in [0, 0.1) is 11.6 Å². The molecule has 2 aromatic heterocycles. The molecule has 4 rings (SSSR count). The summed E-state index contributed by atoms with van der Waals surface area (Å²) in [7, 11) is 0. The highest BCUT2D eigenvalue weighted by molar-refractivity contribution is 5.87. The average Bonchev–Trinajstić information content (AvgIpc) is 3.35. The smallest absolute Gasteiger partial charge is 0.360 e. The first-order valence-electron chi connectivity index (χ1n) is 7.95. The number of nitrogens with zero attached hydrogens (tertiary/aromatic N) is 3. The Bertz CT molecular complexity index is 975. The van der Waals surface area contributed by atoms with Gasteiger partial charge in [-0.15, -0.1) is 5.10 Å². The topological polar surface area (TPSA) is 42.7 Å². The molecule has 1 aromatic carbocycles. The number of rotatable bonds is 4. The van der Waals surface area contributed by atoms with E-state index < -0.39 is 24.4 Å². The number of alkyl halides is 3. The van der Waals surface area contributed by atoms with E-state index in [2.05, 4.69) is 15.5 Å². The molecule has 0 bridgehead atoms. The maximum atomic E-state index is 13.7. The second-order valence-electron chi connectivity index (χ2n) is 6.25. The summed E-state index contributed by atoms with van der Waals surface area (Å²) in [4.78, 5) is 0. The molecule has 136 valence electrons. The summed E-state index contributed by atoms with van der Waals surface area (Å²) >= 11 is 0. The van der Waals surface area contributed by atoms with Crippen molar-refractivity contribution in [2.24, 2.45) is 0 Å². The van der Waals surface area contributed by atoms with Crippen LogP contribution in [-0.2, 0) is 0 Å². The first kappa shape index (κ1) is 16.7. The van der Waals surface area contributed by atoms with Gasteiger partial charge in [-0.25, -0.2) is 8.78 Å². The first-order chi connectivity index (χ1) is 12.3. The molecule has 0 saturated heterocycles. The Kier molecular flexibility index (Phi) is 3.82. The van der Waals surface area contributed by atoms with Gasteiger partial charge in [0.05, 0.1) is 17.4 Å². The molecule has 0 amide bonds. The Morgan fingerprint density at radius 2 is 1.81 bits per heavy atom. The Balaban J connectivity index is 1.78. The summed E-state index contributed by atoms with van der Waals surface area (Å²) in [5, 5.41) is 10.1. The molecule has 4 nitrogen and oxygen atoms in total. The van der Waals surface area contributed by atoms with Gasteiger partial charge in [-0.1, -0.05) is 0 Å². The average molecular weight is 368 g/mol. The fourth-order valence-electron chi connectivity index (χ4n) is 2.96. The number of aromatic nitrogens is 3. The van der Waals surface area contributed by atoms with Crippen molar-refractivity contribution in [2.45, 2.75) is 25.1 Å². The standard InChI is InChI=1S/C17H13F5N4/c18-12-3-9-4-14(26(11-1-2-11)15(9)6-13(12)19)10-5-16(25-24-7-10)23-8-17(20,21)22/h3-7,11H,1-2,8H2,(H,23,25). The molecule has 1 saturated carbocycles. The lowest BCUT2D eigenvalue weighted by molar-refractivity contribution is -0.115. The van der Waals surface area contributed by atoms with Gasteiger partial charge in [0.25, 0.3) is 0 Å². The van der Waals surface area contributed by atoms with E-state index in [0.29, 0.717) is 22.2 Å². The van der Waals surface area contributed by atoms with Crippen LogP contribution in [0.2, 0.25) is 0 Å². The highest BCUT2D eigenvalue weighted by Gasteiger charge is 2.29. The number of halogens is 5. The molecule has 0 aliphatic heterocycles. The third-order valence-corrected chi connectivity index (χ3v) is 4.21. The van der Waals surface area contributed by atoms with Crippen molar-refractivity contribution in [3.05, 3.63) is 42.1 Å². The van der Waals surface area contributed by atoms with Gasteiger partial charge in [0, 0.05) is 23.1 Å². The van der Waals surface area contributed by atoms with Gasteiger partial charge in [-0.3, -0.25) is 0 Å². The van der Waals surface area contributed by atoms with Crippen LogP contribution in [0.15, 0.2) is 30.5 Å². The maximum absolute atomic E-state index is 13.7. The maximum Gasteiger partial charge on any atom is 0.405 e. The summed E-state index contributed by atoms with van der Waals surface area (Å²) < 4.78 is 66.2. The van der Waals surface area contributed by atoms with E-state index in [1.807, 2.05) is 4.57 Å². The minimum absolute atomic E-state index is 0.0233. The number of nitrogens with one attached hydrogen (secondary N) is 1. The number of fused-ring (bicyclic) bond motifs is 1. The normalized spacial score (nSPS) is 14.8. The minimum Gasteiger partial charge on any atom is -0.360 e. The molecule has 1 N–H and O–H groups in total. The first-order valence-corrected chi connectivity index (χ1v) is 7.95. The summed E-state index contributed by atoms with van der Waals surface area (Å²) in [6.45, 7) is -1.23. The van der Waals surface area contributed by atoms with Gasteiger partial charge in [-0.2, -0.15) is 18.3 Å². The molecule has 26 heavy (non-hydrogen) atoms. The van der Waals surface area contributed by atoms with Crippen molar-refractivity contribution in [2.75, 3.05) is 11.9 Å². The van der Waals surface area contributed by atoms with Gasteiger partial charge in [0.1, 0.15) is 12.4 Å². The molecule has 0 unspecified atom stereocenters. The van der Waals surface area contributed by atoms with E-state index >= 15 is 0 Å². The molecule has 0 spiro atoms. The molecular weight excluding hydrogens is 355 g/mol. The van der Waals surface area contributed by atoms with Crippen molar-refractivity contribution >= 4 is 16.7 Å². The van der Waals surface area contributed by atoms with E-state index in [4.69, 9.17) is 0 Å². The Morgan fingerprint density at radius 3 is 2.50 bits per heavy atom. The summed E-state index contributed by atoms with van der Waals surface area (Å²) in [5.74, 6) is -1.91. The van der Waals surface area contributed by atoms with Crippen molar-refractivity contribution < 1.29 is 22.0 Å². The lowest BCUT2D eigenvalue weighted by Gasteiger charge is -2.11. The second-order valence-corrected chi connectivity index (χ2v) is 6.25. The van der Waals surface area contributed by atoms with E-state index in [-0.39, 0.29) is 11.9 Å². The fraction of sp³-hybridized carbons (Fsp3) is 0.294. The van der Waals surface area contributed by atoms with Gasteiger partial charge < -0.3 is 9.88 Å². The largest absolute Gasteiger partial charge is 0.405 e. The molecular formula is C17H13F5N4. The number of anilines is 1. The van der Waals surface area contributed by atoms with Gasteiger partial charge >= 0.3 is 6.18 Å². The van der Waals surface area contributed by atoms with E-state index in [9.17, 15) is 22.0 Å². The zero-order valence-electron chi connectivity index (χ0n) is 13.3. The van der Waals surface area contributed by atoms with Crippen LogP contribution in [0.1, 0.15) is 18.9 Å². The van der Waals surface area contributed by atoms with E-state index in [1.165, 1.54) is 12.3 Å². The Hall–Kier alpha value is -2.71. The van der Waals surface area contributed by atoms with Crippen molar-refractivity contribution in [3.8, 4) is 11.3 Å². The zero-order chi connectivity index (χ0) is 18.5. The van der Waals surface area contributed by atoms with Crippen LogP contribution in [0.5, 0.6) is 0 Å². The van der Waals surface area contributed by atoms with Gasteiger partial charge in [0.15, 0.2) is 11.6 Å². The molecule has 9 heteroatoms. The van der Waals surface area contributed by atoms with E-state index in [1.54, 1.807) is 6.07 Å². The monoisotopic (exact) mass is 368 g/mol. The molecule has 0 atom stereocenters.